The van der Waals surface area contributed by atoms with Gasteiger partial charge in [0, 0.05) is 13.6 Å². The van der Waals surface area contributed by atoms with Crippen LogP contribution in [0.4, 0.5) is 0 Å². The highest BCUT2D eigenvalue weighted by atomic mass is 32.2. The number of nitrogens with one attached hydrogen (secondary N) is 2. The van der Waals surface area contributed by atoms with Crippen molar-refractivity contribution in [2.75, 3.05) is 20.1 Å². The number of piperidine rings is 1. The lowest BCUT2D eigenvalue weighted by Crippen LogP contribution is -2.44. The van der Waals surface area contributed by atoms with Crippen molar-refractivity contribution < 1.29 is 8.42 Å². The Labute approximate surface area is 107 Å². The minimum Gasteiger partial charge on any atom is -0.315 e. The molecule has 1 unspecified atom stereocenters. The lowest BCUT2D eigenvalue weighted by Gasteiger charge is -2.27. The molecule has 0 aliphatic carbocycles. The molecule has 0 bridgehead atoms. The zero-order chi connectivity index (χ0) is 13.2. The van der Waals surface area contributed by atoms with E-state index in [0.29, 0.717) is 24.6 Å². The lowest BCUT2D eigenvalue weighted by molar-refractivity contribution is 0.423. The highest BCUT2D eigenvalue weighted by Crippen LogP contribution is 2.16. The summed E-state index contributed by atoms with van der Waals surface area (Å²) in [5.41, 5.74) is 0. The summed E-state index contributed by atoms with van der Waals surface area (Å²) in [6, 6.07) is 0. The number of aryl methyl sites for hydroxylation is 1. The summed E-state index contributed by atoms with van der Waals surface area (Å²) in [7, 11) is -1.70. The zero-order valence-electron chi connectivity index (χ0n) is 10.7. The minimum atomic E-state index is -3.27. The lowest BCUT2D eigenvalue weighted by atomic mass is 10.2. The maximum absolute atomic E-state index is 12.3. The summed E-state index contributed by atoms with van der Waals surface area (Å²) in [4.78, 5) is 4.12. The van der Waals surface area contributed by atoms with E-state index in [1.165, 1.54) is 4.31 Å². The Balaban J connectivity index is 2.04. The van der Waals surface area contributed by atoms with Gasteiger partial charge in [-0.2, -0.15) is 9.40 Å². The Bertz CT molecular complexity index is 492. The fourth-order valence-corrected chi connectivity index (χ4v) is 3.67. The molecule has 2 rings (SSSR count). The number of hydrogen-bond donors (Lipinski definition) is 2. The molecule has 1 aromatic rings. The number of aromatic nitrogens is 3. The summed E-state index contributed by atoms with van der Waals surface area (Å²) in [6.07, 6.45) is 1.62. The van der Waals surface area contributed by atoms with Crippen LogP contribution >= 0.6 is 0 Å². The topological polar surface area (TPSA) is 91.0 Å². The normalized spacial score (nSPS) is 21.4. The van der Waals surface area contributed by atoms with E-state index in [4.69, 9.17) is 0 Å². The van der Waals surface area contributed by atoms with Crippen molar-refractivity contribution in [1.29, 1.82) is 0 Å². The van der Waals surface area contributed by atoms with Crippen LogP contribution in [0.15, 0.2) is 0 Å². The molecule has 0 aromatic carbocycles. The van der Waals surface area contributed by atoms with Gasteiger partial charge in [0.05, 0.1) is 11.8 Å². The van der Waals surface area contributed by atoms with Crippen molar-refractivity contribution in [2.24, 2.45) is 0 Å². The second-order valence-electron chi connectivity index (χ2n) is 4.61. The van der Waals surface area contributed by atoms with Gasteiger partial charge in [0.2, 0.25) is 10.0 Å². The molecule has 102 valence electrons. The number of hydrogen-bond acceptors (Lipinski definition) is 5. The Morgan fingerprint density at radius 1 is 1.50 bits per heavy atom. The minimum absolute atomic E-state index is 0.211. The fourth-order valence-electron chi connectivity index (χ4n) is 2.08. The highest BCUT2D eigenvalue weighted by molar-refractivity contribution is 7.89. The molecule has 1 aliphatic heterocycles. The molecule has 8 heteroatoms. The molecule has 1 atom stereocenters. The highest BCUT2D eigenvalue weighted by Gasteiger charge is 2.31. The second-order valence-corrected chi connectivity index (χ2v) is 6.93. The van der Waals surface area contributed by atoms with Crippen LogP contribution < -0.4 is 5.32 Å². The van der Waals surface area contributed by atoms with Gasteiger partial charge in [0.1, 0.15) is 5.82 Å². The molecule has 1 aromatic heterocycles. The molecule has 1 fully saturated rings. The molecule has 0 spiro atoms. The first-order valence-electron chi connectivity index (χ1n) is 6.04. The fraction of sp³-hybridized carbons (Fsp3) is 0.800. The Morgan fingerprint density at radius 2 is 2.28 bits per heavy atom. The third kappa shape index (κ3) is 2.88. The third-order valence-electron chi connectivity index (χ3n) is 3.11. The predicted molar refractivity (Wildman–Crippen MR) is 67.4 cm³/mol. The van der Waals surface area contributed by atoms with Gasteiger partial charge >= 0.3 is 0 Å². The van der Waals surface area contributed by atoms with Crippen LogP contribution in [0.3, 0.4) is 0 Å². The van der Waals surface area contributed by atoms with Crippen molar-refractivity contribution in [3.63, 3.8) is 0 Å². The van der Waals surface area contributed by atoms with E-state index in [2.05, 4.69) is 20.5 Å². The van der Waals surface area contributed by atoms with Gasteiger partial charge in [0.15, 0.2) is 5.82 Å². The van der Waals surface area contributed by atoms with E-state index in [0.717, 1.165) is 13.0 Å². The van der Waals surface area contributed by atoms with E-state index in [9.17, 15) is 8.42 Å². The van der Waals surface area contributed by atoms with Crippen molar-refractivity contribution in [3.8, 4) is 0 Å². The van der Waals surface area contributed by atoms with Gasteiger partial charge in [-0.3, -0.25) is 5.10 Å². The van der Waals surface area contributed by atoms with Gasteiger partial charge in [0.25, 0.3) is 0 Å². The van der Waals surface area contributed by atoms with Crippen LogP contribution in [-0.2, 0) is 16.6 Å². The quantitative estimate of drug-likeness (QED) is 0.781. The molecule has 2 N–H and O–H groups in total. The van der Waals surface area contributed by atoms with Crippen LogP contribution in [0, 0.1) is 6.92 Å². The zero-order valence-corrected chi connectivity index (χ0v) is 11.5. The molecule has 0 radical (unpaired) electrons. The van der Waals surface area contributed by atoms with Crippen molar-refractivity contribution in [3.05, 3.63) is 11.6 Å². The molecule has 0 amide bonds. The molecule has 2 heterocycles. The van der Waals surface area contributed by atoms with Crippen molar-refractivity contribution >= 4 is 10.0 Å². The molecule has 7 nitrogen and oxygen atoms in total. The van der Waals surface area contributed by atoms with Gasteiger partial charge in [-0.1, -0.05) is 0 Å². The third-order valence-corrected chi connectivity index (χ3v) is 5.36. The van der Waals surface area contributed by atoms with Crippen LogP contribution in [0.1, 0.15) is 24.5 Å². The van der Waals surface area contributed by atoms with Gasteiger partial charge in [-0.15, -0.1) is 0 Å². The maximum Gasteiger partial charge on any atom is 0.218 e. The molecule has 18 heavy (non-hydrogen) atoms. The van der Waals surface area contributed by atoms with Crippen LogP contribution in [0.5, 0.6) is 0 Å². The average Bonchev–Trinajstić information content (AvgIpc) is 2.76. The first-order chi connectivity index (χ1) is 8.50. The number of nitrogens with zero attached hydrogens (tertiary/aromatic N) is 3. The predicted octanol–water partition coefficient (Wildman–Crippen LogP) is -0.373. The van der Waals surface area contributed by atoms with E-state index < -0.39 is 10.0 Å². The Hall–Kier alpha value is -0.990. The second kappa shape index (κ2) is 5.33. The Morgan fingerprint density at radius 3 is 2.83 bits per heavy atom. The number of H-pyrrole nitrogens is 1. The van der Waals surface area contributed by atoms with E-state index in [-0.39, 0.29) is 11.8 Å². The standard InChI is InChI=1S/C10H19N5O2S/c1-8-12-10(14-13-8)7-15(2)18(16,17)9-4-3-5-11-6-9/h9,11H,3-7H2,1-2H3,(H,12,13,14). The van der Waals surface area contributed by atoms with E-state index >= 15 is 0 Å². The smallest absolute Gasteiger partial charge is 0.218 e. The van der Waals surface area contributed by atoms with Gasteiger partial charge < -0.3 is 5.32 Å². The Kier molecular flexibility index (Phi) is 3.98. The largest absolute Gasteiger partial charge is 0.315 e. The van der Waals surface area contributed by atoms with Crippen LogP contribution in [-0.4, -0.2) is 53.3 Å². The van der Waals surface area contributed by atoms with E-state index in [1.54, 1.807) is 14.0 Å². The number of rotatable bonds is 4. The van der Waals surface area contributed by atoms with Crippen molar-refractivity contribution in [2.45, 2.75) is 31.6 Å². The van der Waals surface area contributed by atoms with Crippen LogP contribution in [0.2, 0.25) is 0 Å². The van der Waals surface area contributed by atoms with Gasteiger partial charge in [-0.25, -0.2) is 13.4 Å². The molecular weight excluding hydrogens is 254 g/mol. The summed E-state index contributed by atoms with van der Waals surface area (Å²) in [5.74, 6) is 1.19. The average molecular weight is 273 g/mol. The van der Waals surface area contributed by atoms with Crippen molar-refractivity contribution in [1.82, 2.24) is 24.8 Å². The van der Waals surface area contributed by atoms with Gasteiger partial charge in [-0.05, 0) is 26.3 Å². The monoisotopic (exact) mass is 273 g/mol. The summed E-state index contributed by atoms with van der Waals surface area (Å²) in [6.45, 7) is 3.43. The maximum atomic E-state index is 12.3. The number of sulfonamides is 1. The number of aromatic amines is 1. The first-order valence-corrected chi connectivity index (χ1v) is 7.54. The molecule has 1 saturated heterocycles. The summed E-state index contributed by atoms with van der Waals surface area (Å²) < 4.78 is 26.0. The summed E-state index contributed by atoms with van der Waals surface area (Å²) >= 11 is 0. The molecule has 1 aliphatic rings. The molecule has 0 saturated carbocycles. The SMILES string of the molecule is Cc1nc(CN(C)S(=O)(=O)C2CCCNC2)n[nH]1. The summed E-state index contributed by atoms with van der Waals surface area (Å²) in [5, 5.41) is 9.45. The molecular formula is C10H19N5O2S. The van der Waals surface area contributed by atoms with E-state index in [1.807, 2.05) is 0 Å². The first kappa shape index (κ1) is 13.4. The van der Waals surface area contributed by atoms with Crippen LogP contribution in [0.25, 0.3) is 0 Å².